The first kappa shape index (κ1) is 15.9. The Hall–Kier alpha value is -1.18. The maximum absolute atomic E-state index is 11.5. The number of hydrogen-bond acceptors (Lipinski definition) is 5. The number of morpholine rings is 1. The third-order valence-corrected chi connectivity index (χ3v) is 3.09. The van der Waals surface area contributed by atoms with Crippen LogP contribution in [0.25, 0.3) is 0 Å². The van der Waals surface area contributed by atoms with Crippen LogP contribution in [-0.2, 0) is 14.3 Å². The Morgan fingerprint density at radius 1 is 1.37 bits per heavy atom. The van der Waals surface area contributed by atoms with Gasteiger partial charge in [-0.25, -0.2) is 0 Å². The van der Waals surface area contributed by atoms with Crippen molar-refractivity contribution in [2.75, 3.05) is 39.4 Å². The van der Waals surface area contributed by atoms with E-state index in [9.17, 15) is 9.59 Å². The van der Waals surface area contributed by atoms with Crippen molar-refractivity contribution < 1.29 is 19.4 Å². The van der Waals surface area contributed by atoms with Crippen molar-refractivity contribution >= 4 is 11.9 Å². The number of nitrogens with two attached hydrogens (primary N) is 1. The van der Waals surface area contributed by atoms with Crippen molar-refractivity contribution in [3.8, 4) is 0 Å². The summed E-state index contributed by atoms with van der Waals surface area (Å²) in [7, 11) is 0. The Balaban J connectivity index is 2.00. The summed E-state index contributed by atoms with van der Waals surface area (Å²) in [6.45, 7) is 4.43. The molecular weight excluding hydrogens is 250 g/mol. The van der Waals surface area contributed by atoms with E-state index in [-0.39, 0.29) is 5.91 Å². The van der Waals surface area contributed by atoms with Crippen LogP contribution in [0.3, 0.4) is 0 Å². The number of hydrogen-bond donors (Lipinski definition) is 3. The third kappa shape index (κ3) is 7.09. The number of carboxylic acid groups (broad SMARTS) is 1. The normalized spacial score (nSPS) is 17.9. The average molecular weight is 273 g/mol. The lowest BCUT2D eigenvalue weighted by Gasteiger charge is -2.26. The van der Waals surface area contributed by atoms with E-state index in [1.807, 2.05) is 0 Å². The van der Waals surface area contributed by atoms with Gasteiger partial charge in [0.2, 0.25) is 5.91 Å². The molecule has 0 bridgehead atoms. The van der Waals surface area contributed by atoms with Gasteiger partial charge in [-0.05, 0) is 12.8 Å². The fourth-order valence-corrected chi connectivity index (χ4v) is 1.85. The number of rotatable bonds is 8. The van der Waals surface area contributed by atoms with Gasteiger partial charge < -0.3 is 20.9 Å². The molecule has 1 atom stereocenters. The highest BCUT2D eigenvalue weighted by Gasteiger charge is 2.12. The first-order chi connectivity index (χ1) is 9.09. The molecule has 1 rings (SSSR count). The minimum absolute atomic E-state index is 0.00427. The molecular formula is C12H23N3O4. The van der Waals surface area contributed by atoms with Gasteiger partial charge in [0, 0.05) is 32.6 Å². The molecule has 0 saturated carbocycles. The molecule has 1 heterocycles. The Morgan fingerprint density at radius 3 is 2.68 bits per heavy atom. The molecule has 0 spiro atoms. The fourth-order valence-electron chi connectivity index (χ4n) is 1.85. The van der Waals surface area contributed by atoms with E-state index in [0.717, 1.165) is 32.8 Å². The second-order valence-electron chi connectivity index (χ2n) is 4.64. The maximum atomic E-state index is 11.5. The average Bonchev–Trinajstić information content (AvgIpc) is 2.42. The maximum Gasteiger partial charge on any atom is 0.320 e. The van der Waals surface area contributed by atoms with Gasteiger partial charge in [0.05, 0.1) is 13.2 Å². The van der Waals surface area contributed by atoms with Crippen LogP contribution < -0.4 is 11.1 Å². The van der Waals surface area contributed by atoms with Gasteiger partial charge in [0.25, 0.3) is 0 Å². The number of amides is 1. The molecule has 1 saturated heterocycles. The number of carbonyl (C=O) groups excluding carboxylic acids is 1. The Kier molecular flexibility index (Phi) is 7.39. The number of ether oxygens (including phenoxy) is 1. The molecule has 1 fully saturated rings. The van der Waals surface area contributed by atoms with Crippen LogP contribution in [0.15, 0.2) is 0 Å². The van der Waals surface area contributed by atoms with E-state index >= 15 is 0 Å². The topological polar surface area (TPSA) is 105 Å². The van der Waals surface area contributed by atoms with Gasteiger partial charge in [-0.2, -0.15) is 0 Å². The largest absolute Gasteiger partial charge is 0.480 e. The minimum atomic E-state index is -1.00. The van der Waals surface area contributed by atoms with Crippen molar-refractivity contribution in [3.63, 3.8) is 0 Å². The van der Waals surface area contributed by atoms with Crippen LogP contribution in [0.1, 0.15) is 19.3 Å². The lowest BCUT2D eigenvalue weighted by atomic mass is 10.2. The van der Waals surface area contributed by atoms with E-state index < -0.39 is 12.0 Å². The first-order valence-corrected chi connectivity index (χ1v) is 6.65. The summed E-state index contributed by atoms with van der Waals surface area (Å²) in [5.74, 6) is -1.01. The lowest BCUT2D eigenvalue weighted by Crippen LogP contribution is -2.39. The summed E-state index contributed by atoms with van der Waals surface area (Å²) in [6, 6.07) is -0.842. The predicted octanol–water partition coefficient (Wildman–Crippen LogP) is -0.983. The lowest BCUT2D eigenvalue weighted by molar-refractivity contribution is -0.138. The predicted molar refractivity (Wildman–Crippen MR) is 69.7 cm³/mol. The third-order valence-electron chi connectivity index (χ3n) is 3.09. The highest BCUT2D eigenvalue weighted by atomic mass is 16.5. The van der Waals surface area contributed by atoms with E-state index in [0.29, 0.717) is 25.8 Å². The minimum Gasteiger partial charge on any atom is -0.480 e. The second-order valence-corrected chi connectivity index (χ2v) is 4.64. The molecule has 0 aliphatic carbocycles. The number of nitrogens with one attached hydrogen (secondary N) is 1. The molecule has 19 heavy (non-hydrogen) atoms. The molecule has 110 valence electrons. The van der Waals surface area contributed by atoms with Gasteiger partial charge >= 0.3 is 5.97 Å². The van der Waals surface area contributed by atoms with Gasteiger partial charge in [0.1, 0.15) is 6.04 Å². The summed E-state index contributed by atoms with van der Waals surface area (Å²) in [5, 5.41) is 11.4. The van der Waals surface area contributed by atoms with Crippen LogP contribution in [-0.4, -0.2) is 67.3 Å². The van der Waals surface area contributed by atoms with Crippen molar-refractivity contribution in [2.45, 2.75) is 25.3 Å². The molecule has 0 aromatic heterocycles. The molecule has 0 aromatic carbocycles. The molecule has 1 aliphatic rings. The van der Waals surface area contributed by atoms with E-state index in [4.69, 9.17) is 15.6 Å². The van der Waals surface area contributed by atoms with Crippen LogP contribution in [0, 0.1) is 0 Å². The molecule has 7 heteroatoms. The van der Waals surface area contributed by atoms with Crippen LogP contribution in [0.2, 0.25) is 0 Å². The molecule has 1 unspecified atom stereocenters. The first-order valence-electron chi connectivity index (χ1n) is 6.65. The number of nitrogens with zero attached hydrogens (tertiary/aromatic N) is 1. The smallest absolute Gasteiger partial charge is 0.320 e. The fraction of sp³-hybridized carbons (Fsp3) is 0.833. The van der Waals surface area contributed by atoms with E-state index in [1.165, 1.54) is 0 Å². The summed E-state index contributed by atoms with van der Waals surface area (Å²) in [6.07, 6.45) is 1.42. The molecule has 0 radical (unpaired) electrons. The second kappa shape index (κ2) is 8.84. The molecule has 1 aliphatic heterocycles. The van der Waals surface area contributed by atoms with Crippen LogP contribution >= 0.6 is 0 Å². The highest BCUT2D eigenvalue weighted by molar-refractivity contribution is 5.76. The summed E-state index contributed by atoms with van der Waals surface area (Å²) < 4.78 is 5.23. The van der Waals surface area contributed by atoms with E-state index in [2.05, 4.69) is 10.2 Å². The zero-order valence-corrected chi connectivity index (χ0v) is 11.1. The quantitative estimate of drug-likeness (QED) is 0.491. The summed E-state index contributed by atoms with van der Waals surface area (Å²) in [4.78, 5) is 24.2. The van der Waals surface area contributed by atoms with Crippen molar-refractivity contribution in [3.05, 3.63) is 0 Å². The number of aliphatic carboxylic acids is 1. The monoisotopic (exact) mass is 273 g/mol. The van der Waals surface area contributed by atoms with Crippen molar-refractivity contribution in [1.82, 2.24) is 10.2 Å². The molecule has 7 nitrogen and oxygen atoms in total. The molecule has 0 aromatic rings. The van der Waals surface area contributed by atoms with Gasteiger partial charge in [-0.15, -0.1) is 0 Å². The van der Waals surface area contributed by atoms with Crippen molar-refractivity contribution in [2.24, 2.45) is 5.73 Å². The standard InChI is InChI=1S/C12H23N3O4/c13-10(12(17)18)2-1-4-14-11(16)3-5-15-6-8-19-9-7-15/h10H,1-9,13H2,(H,14,16)(H,17,18). The van der Waals surface area contributed by atoms with Gasteiger partial charge in [-0.1, -0.05) is 0 Å². The number of carboxylic acids is 1. The van der Waals surface area contributed by atoms with Gasteiger partial charge in [0.15, 0.2) is 0 Å². The Labute approximate surface area is 113 Å². The molecule has 4 N–H and O–H groups in total. The summed E-state index contributed by atoms with van der Waals surface area (Å²) in [5.41, 5.74) is 5.36. The SMILES string of the molecule is NC(CCCNC(=O)CCN1CCOCC1)C(=O)O. The van der Waals surface area contributed by atoms with Gasteiger partial charge in [-0.3, -0.25) is 14.5 Å². The zero-order valence-electron chi connectivity index (χ0n) is 11.1. The van der Waals surface area contributed by atoms with Crippen LogP contribution in [0.4, 0.5) is 0 Å². The Morgan fingerprint density at radius 2 is 2.05 bits per heavy atom. The zero-order chi connectivity index (χ0) is 14.1. The number of carbonyl (C=O) groups is 2. The highest BCUT2D eigenvalue weighted by Crippen LogP contribution is 1.98. The van der Waals surface area contributed by atoms with E-state index in [1.54, 1.807) is 0 Å². The molecule has 1 amide bonds. The van der Waals surface area contributed by atoms with Crippen molar-refractivity contribution in [1.29, 1.82) is 0 Å². The van der Waals surface area contributed by atoms with Crippen LogP contribution in [0.5, 0.6) is 0 Å². The summed E-state index contributed by atoms with van der Waals surface area (Å²) >= 11 is 0. The Bertz CT molecular complexity index is 293.